The lowest BCUT2D eigenvalue weighted by Gasteiger charge is -2.10. The van der Waals surface area contributed by atoms with E-state index in [1.54, 1.807) is 6.33 Å². The molecule has 0 saturated carbocycles. The molecular weight excluding hydrogens is 228 g/mol. The Hall–Kier alpha value is -0.940. The van der Waals surface area contributed by atoms with E-state index in [1.807, 2.05) is 4.68 Å². The van der Waals surface area contributed by atoms with E-state index in [1.165, 1.54) is 0 Å². The number of hydrogen-bond donors (Lipinski definition) is 2. The maximum Gasteiger partial charge on any atom is 0.140 e. The molecule has 0 aliphatic heterocycles. The summed E-state index contributed by atoms with van der Waals surface area (Å²) < 4.78 is 1.97. The fourth-order valence-corrected chi connectivity index (χ4v) is 1.79. The fourth-order valence-electron chi connectivity index (χ4n) is 1.79. The number of rotatable bonds is 9. The Morgan fingerprint density at radius 3 is 2.83 bits per heavy atom. The standard InChI is InChI=1S/C13H26N4O/c1-11(2)8-17-13(15-10-16-17)7-14-6-4-5-12(3)9-18/h10-12,14,18H,4-9H2,1-3H3. The van der Waals surface area contributed by atoms with Gasteiger partial charge in [0.05, 0.1) is 6.54 Å². The molecule has 0 bridgehead atoms. The number of nitrogens with zero attached hydrogens (tertiary/aromatic N) is 3. The monoisotopic (exact) mass is 254 g/mol. The average Bonchev–Trinajstić information content (AvgIpc) is 2.75. The largest absolute Gasteiger partial charge is 0.396 e. The summed E-state index contributed by atoms with van der Waals surface area (Å²) in [6, 6.07) is 0. The molecule has 0 spiro atoms. The van der Waals surface area contributed by atoms with Gasteiger partial charge >= 0.3 is 0 Å². The first-order valence-electron chi connectivity index (χ1n) is 6.81. The third-order valence-corrected chi connectivity index (χ3v) is 2.88. The first-order chi connectivity index (χ1) is 8.63. The molecule has 5 nitrogen and oxygen atoms in total. The predicted octanol–water partition coefficient (Wildman–Crippen LogP) is 1.43. The molecule has 0 saturated heterocycles. The Morgan fingerprint density at radius 1 is 1.39 bits per heavy atom. The van der Waals surface area contributed by atoms with Crippen molar-refractivity contribution in [2.45, 2.75) is 46.7 Å². The van der Waals surface area contributed by atoms with Crippen LogP contribution < -0.4 is 5.32 Å². The molecule has 2 N–H and O–H groups in total. The van der Waals surface area contributed by atoms with E-state index in [-0.39, 0.29) is 6.61 Å². The molecule has 0 aliphatic carbocycles. The maximum atomic E-state index is 8.92. The highest BCUT2D eigenvalue weighted by molar-refractivity contribution is 4.83. The molecule has 5 heteroatoms. The lowest BCUT2D eigenvalue weighted by molar-refractivity contribution is 0.228. The fraction of sp³-hybridized carbons (Fsp3) is 0.846. The summed E-state index contributed by atoms with van der Waals surface area (Å²) in [6.07, 6.45) is 3.76. The second kappa shape index (κ2) is 8.21. The normalized spacial score (nSPS) is 13.2. The zero-order chi connectivity index (χ0) is 13.4. The minimum absolute atomic E-state index is 0.280. The molecule has 1 unspecified atom stereocenters. The van der Waals surface area contributed by atoms with E-state index in [0.29, 0.717) is 11.8 Å². The number of aliphatic hydroxyl groups is 1. The molecule has 18 heavy (non-hydrogen) atoms. The molecular formula is C13H26N4O. The van der Waals surface area contributed by atoms with Crippen LogP contribution in [0.4, 0.5) is 0 Å². The molecule has 1 rings (SSSR count). The van der Waals surface area contributed by atoms with Gasteiger partial charge in [0.2, 0.25) is 0 Å². The lowest BCUT2D eigenvalue weighted by atomic mass is 10.1. The summed E-state index contributed by atoms with van der Waals surface area (Å²) in [6.45, 7) is 9.34. The SMILES string of the molecule is CC(C)Cn1ncnc1CNCCCC(C)CO. The van der Waals surface area contributed by atoms with Gasteiger partial charge in [0.15, 0.2) is 0 Å². The summed E-state index contributed by atoms with van der Waals surface area (Å²) in [4.78, 5) is 4.27. The number of aromatic nitrogens is 3. The van der Waals surface area contributed by atoms with E-state index < -0.39 is 0 Å². The molecule has 0 aliphatic rings. The third kappa shape index (κ3) is 5.60. The molecule has 1 heterocycles. The lowest BCUT2D eigenvalue weighted by Crippen LogP contribution is -2.20. The van der Waals surface area contributed by atoms with Crippen molar-refractivity contribution in [3.05, 3.63) is 12.2 Å². The zero-order valence-electron chi connectivity index (χ0n) is 11.8. The summed E-state index contributed by atoms with van der Waals surface area (Å²) in [5, 5.41) is 16.5. The Balaban J connectivity index is 2.21. The Bertz CT molecular complexity index is 325. The quantitative estimate of drug-likeness (QED) is 0.654. The van der Waals surface area contributed by atoms with Crippen molar-refractivity contribution in [1.29, 1.82) is 0 Å². The maximum absolute atomic E-state index is 8.92. The molecule has 0 fully saturated rings. The predicted molar refractivity (Wildman–Crippen MR) is 72.1 cm³/mol. The van der Waals surface area contributed by atoms with Crippen molar-refractivity contribution in [3.63, 3.8) is 0 Å². The van der Waals surface area contributed by atoms with E-state index in [4.69, 9.17) is 5.11 Å². The highest BCUT2D eigenvalue weighted by Crippen LogP contribution is 2.03. The number of aliphatic hydroxyl groups excluding tert-OH is 1. The molecule has 0 radical (unpaired) electrons. The van der Waals surface area contributed by atoms with Gasteiger partial charge in [-0.3, -0.25) is 0 Å². The van der Waals surface area contributed by atoms with Gasteiger partial charge in [0.1, 0.15) is 12.2 Å². The molecule has 1 aromatic heterocycles. The van der Waals surface area contributed by atoms with Gasteiger partial charge in [-0.25, -0.2) is 9.67 Å². The van der Waals surface area contributed by atoms with E-state index >= 15 is 0 Å². The summed E-state index contributed by atoms with van der Waals surface area (Å²) in [5.41, 5.74) is 0. The first-order valence-corrected chi connectivity index (χ1v) is 6.81. The topological polar surface area (TPSA) is 63.0 Å². The van der Waals surface area contributed by atoms with Crippen LogP contribution in [0.3, 0.4) is 0 Å². The van der Waals surface area contributed by atoms with Crippen molar-refractivity contribution in [3.8, 4) is 0 Å². The van der Waals surface area contributed by atoms with Gasteiger partial charge < -0.3 is 10.4 Å². The van der Waals surface area contributed by atoms with Crippen LogP contribution in [0.15, 0.2) is 6.33 Å². The Morgan fingerprint density at radius 2 is 2.17 bits per heavy atom. The van der Waals surface area contributed by atoms with Crippen LogP contribution in [0.1, 0.15) is 39.4 Å². The summed E-state index contributed by atoms with van der Waals surface area (Å²) >= 11 is 0. The highest BCUT2D eigenvalue weighted by atomic mass is 16.3. The highest BCUT2D eigenvalue weighted by Gasteiger charge is 2.05. The van der Waals surface area contributed by atoms with E-state index in [9.17, 15) is 0 Å². The second-order valence-electron chi connectivity index (χ2n) is 5.36. The van der Waals surface area contributed by atoms with Crippen molar-refractivity contribution >= 4 is 0 Å². The van der Waals surface area contributed by atoms with Crippen LogP contribution >= 0.6 is 0 Å². The van der Waals surface area contributed by atoms with Crippen LogP contribution in [0.2, 0.25) is 0 Å². The minimum Gasteiger partial charge on any atom is -0.396 e. The number of hydrogen-bond acceptors (Lipinski definition) is 4. The van der Waals surface area contributed by atoms with Crippen LogP contribution in [0.5, 0.6) is 0 Å². The molecule has 0 amide bonds. The van der Waals surface area contributed by atoms with Crippen molar-refractivity contribution in [1.82, 2.24) is 20.1 Å². The Labute approximate surface area is 110 Å². The van der Waals surface area contributed by atoms with Gasteiger partial charge in [-0.1, -0.05) is 20.8 Å². The molecule has 0 aromatic carbocycles. The average molecular weight is 254 g/mol. The minimum atomic E-state index is 0.280. The van der Waals surface area contributed by atoms with E-state index in [0.717, 1.165) is 38.3 Å². The van der Waals surface area contributed by atoms with Gasteiger partial charge in [-0.05, 0) is 31.2 Å². The number of nitrogens with one attached hydrogen (secondary N) is 1. The summed E-state index contributed by atoms with van der Waals surface area (Å²) in [5.74, 6) is 1.98. The van der Waals surface area contributed by atoms with Crippen LogP contribution in [0, 0.1) is 11.8 Å². The third-order valence-electron chi connectivity index (χ3n) is 2.88. The smallest absolute Gasteiger partial charge is 0.140 e. The van der Waals surface area contributed by atoms with Gasteiger partial charge in [0, 0.05) is 13.2 Å². The van der Waals surface area contributed by atoms with E-state index in [2.05, 4.69) is 36.2 Å². The summed E-state index contributed by atoms with van der Waals surface area (Å²) in [7, 11) is 0. The first kappa shape index (κ1) is 15.1. The van der Waals surface area contributed by atoms with Gasteiger partial charge in [-0.15, -0.1) is 0 Å². The van der Waals surface area contributed by atoms with Crippen molar-refractivity contribution < 1.29 is 5.11 Å². The molecule has 1 atom stereocenters. The van der Waals surface area contributed by atoms with Crippen molar-refractivity contribution in [2.75, 3.05) is 13.2 Å². The second-order valence-corrected chi connectivity index (χ2v) is 5.36. The van der Waals surface area contributed by atoms with Crippen LogP contribution in [0.25, 0.3) is 0 Å². The molecule has 104 valence electrons. The van der Waals surface area contributed by atoms with Crippen molar-refractivity contribution in [2.24, 2.45) is 11.8 Å². The van der Waals surface area contributed by atoms with Gasteiger partial charge in [-0.2, -0.15) is 5.10 Å². The van der Waals surface area contributed by atoms with Crippen LogP contribution in [-0.2, 0) is 13.1 Å². The molecule has 1 aromatic rings. The van der Waals surface area contributed by atoms with Gasteiger partial charge in [0.25, 0.3) is 0 Å². The van der Waals surface area contributed by atoms with Crippen LogP contribution in [-0.4, -0.2) is 33.0 Å². The zero-order valence-corrected chi connectivity index (χ0v) is 11.8. The Kier molecular flexibility index (Phi) is 6.90.